The summed E-state index contributed by atoms with van der Waals surface area (Å²) in [5, 5.41) is 3.63. The summed E-state index contributed by atoms with van der Waals surface area (Å²) in [7, 11) is 0. The van der Waals surface area contributed by atoms with Crippen LogP contribution in [0.2, 0.25) is 0 Å². The maximum absolute atomic E-state index is 5.55. The molecule has 0 amide bonds. The molecule has 0 aliphatic carbocycles. The van der Waals surface area contributed by atoms with Crippen LogP contribution < -0.4 is 11.1 Å². The zero-order valence-electron chi connectivity index (χ0n) is 8.45. The van der Waals surface area contributed by atoms with Gasteiger partial charge in [-0.05, 0) is 31.4 Å². The molecule has 1 saturated heterocycles. The van der Waals surface area contributed by atoms with Crippen molar-refractivity contribution in [2.24, 2.45) is 5.73 Å². The molecule has 0 aromatic heterocycles. The highest BCUT2D eigenvalue weighted by Gasteiger charge is 2.23. The Bertz CT molecular complexity index is 271. The summed E-state index contributed by atoms with van der Waals surface area (Å²) in [5.74, 6) is 0. The van der Waals surface area contributed by atoms with Crippen molar-refractivity contribution in [3.8, 4) is 0 Å². The molecule has 2 unspecified atom stereocenters. The minimum absolute atomic E-state index is 0.549. The van der Waals surface area contributed by atoms with Gasteiger partial charge in [-0.2, -0.15) is 0 Å². The van der Waals surface area contributed by atoms with Crippen molar-refractivity contribution in [2.75, 3.05) is 6.54 Å². The summed E-state index contributed by atoms with van der Waals surface area (Å²) < 4.78 is 0. The Labute approximate surface area is 85.5 Å². The molecule has 0 spiro atoms. The molecule has 0 saturated carbocycles. The van der Waals surface area contributed by atoms with E-state index in [4.69, 9.17) is 5.73 Å². The van der Waals surface area contributed by atoms with Crippen molar-refractivity contribution in [3.63, 3.8) is 0 Å². The predicted molar refractivity (Wildman–Crippen MR) is 59.0 cm³/mol. The van der Waals surface area contributed by atoms with Crippen molar-refractivity contribution in [1.29, 1.82) is 0 Å². The van der Waals surface area contributed by atoms with Crippen LogP contribution in [0, 0.1) is 0 Å². The van der Waals surface area contributed by atoms with Gasteiger partial charge in [0.05, 0.1) is 0 Å². The minimum atomic E-state index is 0.549. The first-order valence-electron chi connectivity index (χ1n) is 5.41. The number of hydrogen-bond donors (Lipinski definition) is 2. The molecule has 1 heterocycles. The second kappa shape index (κ2) is 4.58. The standard InChI is InChI=1S/C12H18N2/c13-9-8-11-6-7-12(14-11)10-4-2-1-3-5-10/h1-5,11-12,14H,6-9,13H2. The third kappa shape index (κ3) is 2.14. The quantitative estimate of drug-likeness (QED) is 0.763. The second-order valence-corrected chi connectivity index (χ2v) is 3.98. The molecule has 2 heteroatoms. The van der Waals surface area contributed by atoms with Gasteiger partial charge >= 0.3 is 0 Å². The Hall–Kier alpha value is -0.860. The Morgan fingerprint density at radius 2 is 2.00 bits per heavy atom. The molecule has 2 rings (SSSR count). The van der Waals surface area contributed by atoms with Gasteiger partial charge < -0.3 is 11.1 Å². The number of nitrogens with two attached hydrogens (primary N) is 1. The molecular formula is C12H18N2. The SMILES string of the molecule is NCCC1CCC(c2ccccc2)N1. The molecule has 3 N–H and O–H groups in total. The van der Waals surface area contributed by atoms with Crippen LogP contribution in [-0.4, -0.2) is 12.6 Å². The van der Waals surface area contributed by atoms with E-state index < -0.39 is 0 Å². The highest BCUT2D eigenvalue weighted by atomic mass is 15.0. The van der Waals surface area contributed by atoms with Gasteiger partial charge in [-0.25, -0.2) is 0 Å². The van der Waals surface area contributed by atoms with E-state index in [9.17, 15) is 0 Å². The van der Waals surface area contributed by atoms with E-state index in [1.54, 1.807) is 0 Å². The Balaban J connectivity index is 1.96. The fourth-order valence-corrected chi connectivity index (χ4v) is 2.20. The van der Waals surface area contributed by atoms with Gasteiger partial charge in [-0.15, -0.1) is 0 Å². The topological polar surface area (TPSA) is 38.0 Å². The van der Waals surface area contributed by atoms with Crippen LogP contribution in [0.25, 0.3) is 0 Å². The summed E-state index contributed by atoms with van der Waals surface area (Å²) in [6.45, 7) is 0.791. The zero-order valence-corrected chi connectivity index (χ0v) is 8.45. The van der Waals surface area contributed by atoms with Crippen molar-refractivity contribution in [3.05, 3.63) is 35.9 Å². The van der Waals surface area contributed by atoms with E-state index in [2.05, 4.69) is 35.6 Å². The summed E-state index contributed by atoms with van der Waals surface area (Å²) >= 11 is 0. The number of nitrogens with one attached hydrogen (secondary N) is 1. The van der Waals surface area contributed by atoms with E-state index in [0.717, 1.165) is 13.0 Å². The summed E-state index contributed by atoms with van der Waals surface area (Å²) in [5.41, 5.74) is 6.96. The predicted octanol–water partition coefficient (Wildman–Crippen LogP) is 1.83. The van der Waals surface area contributed by atoms with Crippen LogP contribution in [0.15, 0.2) is 30.3 Å². The van der Waals surface area contributed by atoms with Gasteiger partial charge in [-0.3, -0.25) is 0 Å². The van der Waals surface area contributed by atoms with Gasteiger partial charge in [0.25, 0.3) is 0 Å². The zero-order chi connectivity index (χ0) is 9.80. The third-order valence-electron chi connectivity index (χ3n) is 2.96. The lowest BCUT2D eigenvalue weighted by Gasteiger charge is -2.13. The maximum Gasteiger partial charge on any atom is 0.0323 e. The summed E-state index contributed by atoms with van der Waals surface area (Å²) in [4.78, 5) is 0. The normalized spacial score (nSPS) is 26.6. The fourth-order valence-electron chi connectivity index (χ4n) is 2.20. The number of rotatable bonds is 3. The van der Waals surface area contributed by atoms with E-state index in [1.807, 2.05) is 0 Å². The smallest absolute Gasteiger partial charge is 0.0323 e. The second-order valence-electron chi connectivity index (χ2n) is 3.98. The van der Waals surface area contributed by atoms with E-state index in [1.165, 1.54) is 18.4 Å². The monoisotopic (exact) mass is 190 g/mol. The van der Waals surface area contributed by atoms with E-state index >= 15 is 0 Å². The van der Waals surface area contributed by atoms with Crippen molar-refractivity contribution in [1.82, 2.24) is 5.32 Å². The van der Waals surface area contributed by atoms with Crippen LogP contribution >= 0.6 is 0 Å². The summed E-state index contributed by atoms with van der Waals surface area (Å²) in [6, 6.07) is 11.8. The lowest BCUT2D eigenvalue weighted by molar-refractivity contribution is 0.526. The molecule has 76 valence electrons. The Morgan fingerprint density at radius 1 is 1.21 bits per heavy atom. The van der Waals surface area contributed by atoms with E-state index in [-0.39, 0.29) is 0 Å². The fraction of sp³-hybridized carbons (Fsp3) is 0.500. The largest absolute Gasteiger partial charge is 0.330 e. The molecule has 2 nitrogen and oxygen atoms in total. The number of benzene rings is 1. The van der Waals surface area contributed by atoms with Gasteiger partial charge in [0, 0.05) is 12.1 Å². The first kappa shape index (κ1) is 9.69. The first-order valence-corrected chi connectivity index (χ1v) is 5.41. The highest BCUT2D eigenvalue weighted by Crippen LogP contribution is 2.26. The molecule has 1 aromatic rings. The minimum Gasteiger partial charge on any atom is -0.330 e. The molecule has 0 bridgehead atoms. The average Bonchev–Trinajstić information content (AvgIpc) is 2.68. The molecule has 2 atom stereocenters. The van der Waals surface area contributed by atoms with Crippen molar-refractivity contribution >= 4 is 0 Å². The van der Waals surface area contributed by atoms with Gasteiger partial charge in [0.2, 0.25) is 0 Å². The van der Waals surface area contributed by atoms with Crippen LogP contribution in [0.4, 0.5) is 0 Å². The van der Waals surface area contributed by atoms with E-state index in [0.29, 0.717) is 12.1 Å². The Kier molecular flexibility index (Phi) is 3.17. The number of hydrogen-bond acceptors (Lipinski definition) is 2. The van der Waals surface area contributed by atoms with Crippen molar-refractivity contribution < 1.29 is 0 Å². The Morgan fingerprint density at radius 3 is 2.71 bits per heavy atom. The summed E-state index contributed by atoms with van der Waals surface area (Å²) in [6.07, 6.45) is 3.61. The molecule has 0 radical (unpaired) electrons. The molecular weight excluding hydrogens is 172 g/mol. The van der Waals surface area contributed by atoms with Crippen LogP contribution in [-0.2, 0) is 0 Å². The molecule has 1 aromatic carbocycles. The highest BCUT2D eigenvalue weighted by molar-refractivity contribution is 5.20. The molecule has 14 heavy (non-hydrogen) atoms. The van der Waals surface area contributed by atoms with Gasteiger partial charge in [0.15, 0.2) is 0 Å². The average molecular weight is 190 g/mol. The third-order valence-corrected chi connectivity index (χ3v) is 2.96. The molecule has 1 aliphatic heterocycles. The molecule has 1 fully saturated rings. The van der Waals surface area contributed by atoms with Crippen LogP contribution in [0.1, 0.15) is 30.9 Å². The van der Waals surface area contributed by atoms with Gasteiger partial charge in [0.1, 0.15) is 0 Å². The van der Waals surface area contributed by atoms with Gasteiger partial charge in [-0.1, -0.05) is 30.3 Å². The van der Waals surface area contributed by atoms with Crippen LogP contribution in [0.3, 0.4) is 0 Å². The van der Waals surface area contributed by atoms with Crippen LogP contribution in [0.5, 0.6) is 0 Å². The van der Waals surface area contributed by atoms with Crippen molar-refractivity contribution in [2.45, 2.75) is 31.3 Å². The lowest BCUT2D eigenvalue weighted by Crippen LogP contribution is -2.26. The molecule has 1 aliphatic rings. The first-order chi connectivity index (χ1) is 6.90. The maximum atomic E-state index is 5.55. The lowest BCUT2D eigenvalue weighted by atomic mass is 10.1.